The third-order valence-electron chi connectivity index (χ3n) is 4.91. The molecule has 5 nitrogen and oxygen atoms in total. The molecule has 1 aliphatic heterocycles. The molecule has 128 valence electrons. The van der Waals surface area contributed by atoms with Crippen LogP contribution in [0.5, 0.6) is 5.75 Å². The van der Waals surface area contributed by atoms with Crippen molar-refractivity contribution in [3.05, 3.63) is 35.4 Å². The van der Waals surface area contributed by atoms with Gasteiger partial charge in [0.15, 0.2) is 0 Å². The number of hydrogen-bond donors (Lipinski definition) is 3. The van der Waals surface area contributed by atoms with Crippen LogP contribution in [0.15, 0.2) is 24.3 Å². The SMILES string of the molecule is C#Cc1ccc(-c2nnc(N[C@@H]3CCCNC3)cc2C2CC2)c(O)c1. The quantitative estimate of drug-likeness (QED) is 0.750. The van der Waals surface area contributed by atoms with Crippen LogP contribution in [0.4, 0.5) is 5.82 Å². The number of anilines is 1. The first-order valence-electron chi connectivity index (χ1n) is 8.89. The van der Waals surface area contributed by atoms with Gasteiger partial charge in [-0.1, -0.05) is 5.92 Å². The molecule has 2 fully saturated rings. The first-order chi connectivity index (χ1) is 12.2. The van der Waals surface area contributed by atoms with Gasteiger partial charge in [-0.25, -0.2) is 0 Å². The third kappa shape index (κ3) is 3.45. The van der Waals surface area contributed by atoms with E-state index >= 15 is 0 Å². The second-order valence-electron chi connectivity index (χ2n) is 6.87. The van der Waals surface area contributed by atoms with Crippen molar-refractivity contribution in [2.45, 2.75) is 37.6 Å². The Morgan fingerprint density at radius 2 is 2.08 bits per heavy atom. The van der Waals surface area contributed by atoms with Gasteiger partial charge in [0.05, 0.1) is 0 Å². The van der Waals surface area contributed by atoms with Gasteiger partial charge in [-0.3, -0.25) is 0 Å². The fourth-order valence-corrected chi connectivity index (χ4v) is 3.40. The van der Waals surface area contributed by atoms with E-state index in [-0.39, 0.29) is 5.75 Å². The molecule has 0 amide bonds. The normalized spacial score (nSPS) is 20.0. The van der Waals surface area contributed by atoms with Gasteiger partial charge in [0.2, 0.25) is 0 Å². The van der Waals surface area contributed by atoms with Crippen molar-refractivity contribution in [2.75, 3.05) is 18.4 Å². The monoisotopic (exact) mass is 334 g/mol. The van der Waals surface area contributed by atoms with Gasteiger partial charge in [0.25, 0.3) is 0 Å². The summed E-state index contributed by atoms with van der Waals surface area (Å²) in [5.74, 6) is 4.02. The van der Waals surface area contributed by atoms with E-state index in [1.165, 1.54) is 6.42 Å². The van der Waals surface area contributed by atoms with E-state index in [1.807, 2.05) is 12.1 Å². The fourth-order valence-electron chi connectivity index (χ4n) is 3.40. The highest BCUT2D eigenvalue weighted by atomic mass is 16.3. The van der Waals surface area contributed by atoms with Crippen LogP contribution in [0.3, 0.4) is 0 Å². The van der Waals surface area contributed by atoms with Crippen LogP contribution in [-0.4, -0.2) is 34.4 Å². The summed E-state index contributed by atoms with van der Waals surface area (Å²) in [5, 5.41) is 26.0. The van der Waals surface area contributed by atoms with Crippen LogP contribution in [0.1, 0.15) is 42.7 Å². The Kier molecular flexibility index (Phi) is 4.29. The Hall–Kier alpha value is -2.58. The molecular weight excluding hydrogens is 312 g/mol. The number of terminal acetylenes is 1. The van der Waals surface area contributed by atoms with Crippen LogP contribution < -0.4 is 10.6 Å². The van der Waals surface area contributed by atoms with E-state index in [0.29, 0.717) is 23.1 Å². The topological polar surface area (TPSA) is 70.1 Å². The molecule has 25 heavy (non-hydrogen) atoms. The van der Waals surface area contributed by atoms with Gasteiger partial charge >= 0.3 is 0 Å². The number of nitrogens with one attached hydrogen (secondary N) is 2. The van der Waals surface area contributed by atoms with Crippen LogP contribution in [-0.2, 0) is 0 Å². The van der Waals surface area contributed by atoms with Crippen LogP contribution in [0, 0.1) is 12.3 Å². The minimum Gasteiger partial charge on any atom is -0.507 e. The number of rotatable bonds is 4. The van der Waals surface area contributed by atoms with Crippen LogP contribution >= 0.6 is 0 Å². The summed E-state index contributed by atoms with van der Waals surface area (Å²) >= 11 is 0. The molecule has 1 saturated carbocycles. The number of aromatic hydroxyl groups is 1. The Bertz CT molecular complexity index is 817. The molecular formula is C20H22N4O. The van der Waals surface area contributed by atoms with Gasteiger partial charge in [0, 0.05) is 23.7 Å². The lowest BCUT2D eigenvalue weighted by atomic mass is 10.0. The molecule has 1 aliphatic carbocycles. The number of nitrogens with zero attached hydrogens (tertiary/aromatic N) is 2. The standard InChI is InChI=1S/C20H22N4O/c1-2-13-5-8-16(18(25)10-13)20-17(14-6-7-14)11-19(23-24-20)22-15-4-3-9-21-12-15/h1,5,8,10-11,14-15,21,25H,3-4,6-7,9,12H2,(H,22,23)/t15-/m1/s1. The van der Waals surface area contributed by atoms with Crippen molar-refractivity contribution in [3.8, 4) is 29.4 Å². The van der Waals surface area contributed by atoms with Gasteiger partial charge in [-0.05, 0) is 68.0 Å². The summed E-state index contributed by atoms with van der Waals surface area (Å²) in [6.45, 7) is 2.04. The van der Waals surface area contributed by atoms with Crippen molar-refractivity contribution < 1.29 is 5.11 Å². The third-order valence-corrected chi connectivity index (χ3v) is 4.91. The predicted octanol–water partition coefficient (Wildman–Crippen LogP) is 2.87. The molecule has 4 rings (SSSR count). The zero-order valence-corrected chi connectivity index (χ0v) is 14.1. The lowest BCUT2D eigenvalue weighted by Crippen LogP contribution is -2.38. The molecule has 3 N–H and O–H groups in total. The maximum absolute atomic E-state index is 10.3. The molecule has 2 aromatic rings. The summed E-state index contributed by atoms with van der Waals surface area (Å²) in [7, 11) is 0. The Balaban J connectivity index is 1.65. The first kappa shape index (κ1) is 15.9. The second-order valence-corrected chi connectivity index (χ2v) is 6.87. The lowest BCUT2D eigenvalue weighted by Gasteiger charge is -2.24. The predicted molar refractivity (Wildman–Crippen MR) is 98.6 cm³/mol. The number of phenolic OH excluding ortho intramolecular Hbond substituents is 1. The highest BCUT2D eigenvalue weighted by Gasteiger charge is 2.29. The van der Waals surface area contributed by atoms with Gasteiger partial charge in [-0.15, -0.1) is 16.6 Å². The van der Waals surface area contributed by atoms with E-state index in [1.54, 1.807) is 6.07 Å². The first-order valence-corrected chi connectivity index (χ1v) is 8.89. The van der Waals surface area contributed by atoms with Crippen molar-refractivity contribution in [1.82, 2.24) is 15.5 Å². The summed E-state index contributed by atoms with van der Waals surface area (Å²) in [6.07, 6.45) is 10.0. The molecule has 0 spiro atoms. The second kappa shape index (κ2) is 6.73. The smallest absolute Gasteiger partial charge is 0.149 e. The number of benzene rings is 1. The minimum absolute atomic E-state index is 0.156. The number of phenols is 1. The molecule has 0 unspecified atom stereocenters. The summed E-state index contributed by atoms with van der Waals surface area (Å²) in [6, 6.07) is 7.76. The number of hydrogen-bond acceptors (Lipinski definition) is 5. The highest BCUT2D eigenvalue weighted by molar-refractivity contribution is 5.72. The Morgan fingerprint density at radius 1 is 1.20 bits per heavy atom. The zero-order chi connectivity index (χ0) is 17.2. The van der Waals surface area contributed by atoms with Gasteiger partial charge in [0.1, 0.15) is 17.3 Å². The van der Waals surface area contributed by atoms with E-state index in [0.717, 1.165) is 49.4 Å². The highest BCUT2D eigenvalue weighted by Crippen LogP contribution is 2.45. The Labute approximate surface area is 147 Å². The molecule has 1 atom stereocenters. The molecule has 2 aliphatic rings. The van der Waals surface area contributed by atoms with Crippen LogP contribution in [0.25, 0.3) is 11.3 Å². The maximum atomic E-state index is 10.3. The molecule has 0 bridgehead atoms. The zero-order valence-electron chi connectivity index (χ0n) is 14.1. The molecule has 1 aromatic carbocycles. The average molecular weight is 334 g/mol. The molecule has 5 heteroatoms. The van der Waals surface area contributed by atoms with Gasteiger partial charge < -0.3 is 15.7 Å². The van der Waals surface area contributed by atoms with E-state index in [4.69, 9.17) is 6.42 Å². The molecule has 0 radical (unpaired) electrons. The molecule has 1 saturated heterocycles. The van der Waals surface area contributed by atoms with Crippen LogP contribution in [0.2, 0.25) is 0 Å². The maximum Gasteiger partial charge on any atom is 0.149 e. The molecule has 2 heterocycles. The van der Waals surface area contributed by atoms with E-state index in [2.05, 4.69) is 32.8 Å². The van der Waals surface area contributed by atoms with Crippen molar-refractivity contribution >= 4 is 5.82 Å². The Morgan fingerprint density at radius 3 is 2.76 bits per heavy atom. The largest absolute Gasteiger partial charge is 0.507 e. The van der Waals surface area contributed by atoms with E-state index in [9.17, 15) is 5.11 Å². The lowest BCUT2D eigenvalue weighted by molar-refractivity contribution is 0.476. The van der Waals surface area contributed by atoms with Crippen molar-refractivity contribution in [1.29, 1.82) is 0 Å². The summed E-state index contributed by atoms with van der Waals surface area (Å²) < 4.78 is 0. The van der Waals surface area contributed by atoms with Gasteiger partial charge in [-0.2, -0.15) is 0 Å². The number of aromatic nitrogens is 2. The minimum atomic E-state index is 0.156. The fraction of sp³-hybridized carbons (Fsp3) is 0.400. The van der Waals surface area contributed by atoms with Crippen molar-refractivity contribution in [2.24, 2.45) is 0 Å². The van der Waals surface area contributed by atoms with E-state index < -0.39 is 0 Å². The average Bonchev–Trinajstić information content (AvgIpc) is 3.48. The molecule has 1 aromatic heterocycles. The summed E-state index contributed by atoms with van der Waals surface area (Å²) in [5.41, 5.74) is 3.27. The number of piperidine rings is 1. The van der Waals surface area contributed by atoms with Crippen molar-refractivity contribution in [3.63, 3.8) is 0 Å². The summed E-state index contributed by atoms with van der Waals surface area (Å²) in [4.78, 5) is 0.